The number of ether oxygens (including phenoxy) is 2. The fourth-order valence-corrected chi connectivity index (χ4v) is 3.85. The second-order valence-electron chi connectivity index (χ2n) is 8.92. The summed E-state index contributed by atoms with van der Waals surface area (Å²) < 4.78 is 10.9. The predicted molar refractivity (Wildman–Crippen MR) is 133 cm³/mol. The SMILES string of the molecule is C=CC(=O)OCCCCCCCCCCCOc1ccc(C(C)(C)c2ccccc2)cc1. The van der Waals surface area contributed by atoms with Crippen LogP contribution in [-0.4, -0.2) is 19.2 Å². The monoisotopic (exact) mass is 436 g/mol. The zero-order valence-corrected chi connectivity index (χ0v) is 20.0. The molecule has 3 nitrogen and oxygen atoms in total. The molecular weight excluding hydrogens is 396 g/mol. The van der Waals surface area contributed by atoms with Gasteiger partial charge in [-0.05, 0) is 36.1 Å². The lowest BCUT2D eigenvalue weighted by atomic mass is 9.78. The minimum absolute atomic E-state index is 0.0158. The summed E-state index contributed by atoms with van der Waals surface area (Å²) in [5.74, 6) is 0.634. The van der Waals surface area contributed by atoms with Crippen LogP contribution in [0.4, 0.5) is 0 Å². The van der Waals surface area contributed by atoms with Crippen molar-refractivity contribution in [2.45, 2.75) is 77.0 Å². The highest BCUT2D eigenvalue weighted by Gasteiger charge is 2.22. The fourth-order valence-electron chi connectivity index (χ4n) is 3.85. The van der Waals surface area contributed by atoms with Crippen LogP contribution in [0.1, 0.15) is 82.8 Å². The molecule has 0 bridgehead atoms. The van der Waals surface area contributed by atoms with Gasteiger partial charge in [0, 0.05) is 11.5 Å². The lowest BCUT2D eigenvalue weighted by molar-refractivity contribution is -0.137. The van der Waals surface area contributed by atoms with E-state index in [-0.39, 0.29) is 11.4 Å². The van der Waals surface area contributed by atoms with Crippen molar-refractivity contribution in [1.82, 2.24) is 0 Å². The summed E-state index contributed by atoms with van der Waals surface area (Å²) in [5.41, 5.74) is 2.61. The van der Waals surface area contributed by atoms with E-state index in [2.05, 4.69) is 75.0 Å². The van der Waals surface area contributed by atoms with Crippen molar-refractivity contribution in [2.75, 3.05) is 13.2 Å². The van der Waals surface area contributed by atoms with Gasteiger partial charge in [0.05, 0.1) is 13.2 Å². The summed E-state index contributed by atoms with van der Waals surface area (Å²) in [6.07, 6.45) is 11.9. The van der Waals surface area contributed by atoms with E-state index in [0.717, 1.165) is 31.6 Å². The normalized spacial score (nSPS) is 11.2. The molecule has 0 aliphatic heterocycles. The maximum Gasteiger partial charge on any atom is 0.330 e. The highest BCUT2D eigenvalue weighted by Crippen LogP contribution is 2.32. The van der Waals surface area contributed by atoms with Gasteiger partial charge in [-0.25, -0.2) is 4.79 Å². The molecule has 0 N–H and O–H groups in total. The summed E-state index contributed by atoms with van der Waals surface area (Å²) in [5, 5.41) is 0. The van der Waals surface area contributed by atoms with Gasteiger partial charge < -0.3 is 9.47 Å². The Morgan fingerprint density at radius 2 is 1.25 bits per heavy atom. The molecule has 0 unspecified atom stereocenters. The average Bonchev–Trinajstić information content (AvgIpc) is 2.82. The number of rotatable bonds is 16. The molecule has 0 radical (unpaired) electrons. The lowest BCUT2D eigenvalue weighted by Gasteiger charge is -2.26. The van der Waals surface area contributed by atoms with E-state index in [9.17, 15) is 4.79 Å². The Kier molecular flexibility index (Phi) is 11.6. The topological polar surface area (TPSA) is 35.5 Å². The minimum atomic E-state index is -0.321. The number of esters is 1. The number of benzene rings is 2. The molecule has 0 amide bonds. The van der Waals surface area contributed by atoms with E-state index in [1.165, 1.54) is 55.7 Å². The molecule has 0 saturated heterocycles. The van der Waals surface area contributed by atoms with Gasteiger partial charge in [-0.1, -0.05) is 108 Å². The maximum atomic E-state index is 10.9. The molecule has 0 atom stereocenters. The Bertz CT molecular complexity index is 778. The number of carbonyl (C=O) groups excluding carboxylic acids is 1. The average molecular weight is 437 g/mol. The van der Waals surface area contributed by atoms with Crippen molar-refractivity contribution in [3.8, 4) is 5.75 Å². The van der Waals surface area contributed by atoms with Gasteiger partial charge in [0.2, 0.25) is 0 Å². The van der Waals surface area contributed by atoms with Crippen LogP contribution in [0.2, 0.25) is 0 Å². The Labute approximate surface area is 194 Å². The van der Waals surface area contributed by atoms with Gasteiger partial charge in [-0.2, -0.15) is 0 Å². The van der Waals surface area contributed by atoms with Crippen LogP contribution in [0.3, 0.4) is 0 Å². The van der Waals surface area contributed by atoms with Crippen molar-refractivity contribution >= 4 is 5.97 Å². The molecule has 0 heterocycles. The first-order valence-corrected chi connectivity index (χ1v) is 12.1. The quantitative estimate of drug-likeness (QED) is 0.154. The molecule has 3 heteroatoms. The van der Waals surface area contributed by atoms with Crippen LogP contribution in [0.5, 0.6) is 5.75 Å². The first-order valence-electron chi connectivity index (χ1n) is 12.1. The zero-order chi connectivity index (χ0) is 23.1. The molecule has 0 aliphatic carbocycles. The van der Waals surface area contributed by atoms with E-state index < -0.39 is 0 Å². The summed E-state index contributed by atoms with van der Waals surface area (Å²) in [4.78, 5) is 10.9. The Balaban J connectivity index is 1.50. The van der Waals surface area contributed by atoms with Crippen molar-refractivity contribution in [1.29, 1.82) is 0 Å². The highest BCUT2D eigenvalue weighted by molar-refractivity contribution is 5.81. The Morgan fingerprint density at radius 3 is 1.81 bits per heavy atom. The number of hydrogen-bond donors (Lipinski definition) is 0. The molecule has 0 spiro atoms. The van der Waals surface area contributed by atoms with E-state index in [1.807, 2.05) is 0 Å². The first kappa shape index (κ1) is 25.7. The van der Waals surface area contributed by atoms with Crippen LogP contribution in [0.25, 0.3) is 0 Å². The van der Waals surface area contributed by atoms with E-state index in [4.69, 9.17) is 9.47 Å². The van der Waals surface area contributed by atoms with Crippen molar-refractivity contribution in [3.63, 3.8) is 0 Å². The maximum absolute atomic E-state index is 10.9. The van der Waals surface area contributed by atoms with Gasteiger partial charge in [-0.15, -0.1) is 0 Å². The molecule has 2 rings (SSSR count). The molecule has 32 heavy (non-hydrogen) atoms. The van der Waals surface area contributed by atoms with Gasteiger partial charge in [-0.3, -0.25) is 0 Å². The molecule has 0 saturated carbocycles. The summed E-state index contributed by atoms with van der Waals surface area (Å²) >= 11 is 0. The van der Waals surface area contributed by atoms with E-state index in [0.29, 0.717) is 6.61 Å². The van der Waals surface area contributed by atoms with Crippen molar-refractivity contribution in [2.24, 2.45) is 0 Å². The Morgan fingerprint density at radius 1 is 0.750 bits per heavy atom. The largest absolute Gasteiger partial charge is 0.494 e. The van der Waals surface area contributed by atoms with Crippen LogP contribution >= 0.6 is 0 Å². The molecule has 0 aliphatic rings. The van der Waals surface area contributed by atoms with Crippen molar-refractivity contribution in [3.05, 3.63) is 78.4 Å². The third-order valence-electron chi connectivity index (χ3n) is 6.04. The number of unbranched alkanes of at least 4 members (excludes halogenated alkanes) is 8. The molecule has 2 aromatic carbocycles. The number of carbonyl (C=O) groups is 1. The molecule has 0 aromatic heterocycles. The van der Waals surface area contributed by atoms with Gasteiger partial charge in [0.25, 0.3) is 0 Å². The second-order valence-corrected chi connectivity index (χ2v) is 8.92. The van der Waals surface area contributed by atoms with Crippen LogP contribution in [0, 0.1) is 0 Å². The van der Waals surface area contributed by atoms with Crippen LogP contribution < -0.4 is 4.74 Å². The predicted octanol–water partition coefficient (Wildman–Crippen LogP) is 7.63. The van der Waals surface area contributed by atoms with Gasteiger partial charge in [0.1, 0.15) is 5.75 Å². The lowest BCUT2D eigenvalue weighted by Crippen LogP contribution is -2.18. The number of hydrogen-bond acceptors (Lipinski definition) is 3. The van der Waals surface area contributed by atoms with Crippen LogP contribution in [-0.2, 0) is 14.9 Å². The third-order valence-corrected chi connectivity index (χ3v) is 6.04. The highest BCUT2D eigenvalue weighted by atomic mass is 16.5. The smallest absolute Gasteiger partial charge is 0.330 e. The second kappa shape index (κ2) is 14.5. The summed E-state index contributed by atoms with van der Waals surface area (Å²) in [6.45, 7) is 9.21. The molecular formula is C29H40O3. The van der Waals surface area contributed by atoms with Gasteiger partial charge in [0.15, 0.2) is 0 Å². The van der Waals surface area contributed by atoms with Gasteiger partial charge >= 0.3 is 5.97 Å². The minimum Gasteiger partial charge on any atom is -0.494 e. The third kappa shape index (κ3) is 9.30. The van der Waals surface area contributed by atoms with E-state index in [1.54, 1.807) is 0 Å². The molecule has 174 valence electrons. The van der Waals surface area contributed by atoms with Crippen molar-refractivity contribution < 1.29 is 14.3 Å². The zero-order valence-electron chi connectivity index (χ0n) is 20.0. The van der Waals surface area contributed by atoms with E-state index >= 15 is 0 Å². The molecule has 2 aromatic rings. The summed E-state index contributed by atoms with van der Waals surface area (Å²) in [6, 6.07) is 19.2. The first-order chi connectivity index (χ1) is 15.5. The molecule has 0 fully saturated rings. The Hall–Kier alpha value is -2.55. The van der Waals surface area contributed by atoms with Crippen LogP contribution in [0.15, 0.2) is 67.3 Å². The fraction of sp³-hybridized carbons (Fsp3) is 0.483. The standard InChI is InChI=1S/C29H40O3/c1-4-28(30)32-24-16-11-9-7-5-6-8-10-15-23-31-27-21-19-26(20-22-27)29(2,3)25-17-13-12-14-18-25/h4,12-14,17-22H,1,5-11,15-16,23-24H2,2-3H3. The summed E-state index contributed by atoms with van der Waals surface area (Å²) in [7, 11) is 0.